The number of aromatic amines is 2. The number of benzene rings is 2. The molecule has 2 aromatic heterocycles. The van der Waals surface area contributed by atoms with E-state index < -0.39 is 5.97 Å². The van der Waals surface area contributed by atoms with Gasteiger partial charge in [0.15, 0.2) is 0 Å². The van der Waals surface area contributed by atoms with Crippen LogP contribution in [0.3, 0.4) is 0 Å². The maximum absolute atomic E-state index is 11.7. The van der Waals surface area contributed by atoms with Crippen molar-refractivity contribution in [2.75, 3.05) is 5.32 Å². The predicted molar refractivity (Wildman–Crippen MR) is 103 cm³/mol. The third-order valence-electron chi connectivity index (χ3n) is 3.95. The van der Waals surface area contributed by atoms with Crippen LogP contribution in [0.15, 0.2) is 48.8 Å². The number of rotatable bonds is 4. The molecular weight excluding hydrogens is 375 g/mol. The summed E-state index contributed by atoms with van der Waals surface area (Å²) < 4.78 is 0. The molecule has 2 heterocycles. The molecule has 0 aliphatic carbocycles. The van der Waals surface area contributed by atoms with Crippen molar-refractivity contribution in [3.05, 3.63) is 64.4 Å². The number of hydrogen-bond donors (Lipinski definition) is 4. The Hall–Kier alpha value is -2.96. The molecule has 26 heavy (non-hydrogen) atoms. The van der Waals surface area contributed by atoms with E-state index in [0.29, 0.717) is 32.7 Å². The summed E-state index contributed by atoms with van der Waals surface area (Å²) in [6.07, 6.45) is 3.58. The van der Waals surface area contributed by atoms with Crippen LogP contribution >= 0.6 is 23.2 Å². The van der Waals surface area contributed by atoms with Gasteiger partial charge < -0.3 is 20.4 Å². The number of carboxylic acid groups (broad SMARTS) is 1. The number of H-pyrrole nitrogens is 2. The Balaban J connectivity index is 1.82. The summed E-state index contributed by atoms with van der Waals surface area (Å²) in [4.78, 5) is 22.1. The van der Waals surface area contributed by atoms with Crippen LogP contribution < -0.4 is 5.32 Å². The highest BCUT2D eigenvalue weighted by Gasteiger charge is 2.16. The lowest BCUT2D eigenvalue weighted by Crippen LogP contribution is -1.98. The first kappa shape index (κ1) is 16.5. The molecule has 4 N–H and O–H groups in total. The summed E-state index contributed by atoms with van der Waals surface area (Å²) >= 11 is 12.2. The van der Waals surface area contributed by atoms with Gasteiger partial charge in [-0.3, -0.25) is 0 Å². The van der Waals surface area contributed by atoms with Crippen molar-refractivity contribution in [3.8, 4) is 11.1 Å². The number of carbonyl (C=O) groups is 1. The predicted octanol–water partition coefficient (Wildman–Crippen LogP) is 5.31. The quantitative estimate of drug-likeness (QED) is 0.382. The number of imidazole rings is 1. The molecule has 0 radical (unpaired) electrons. The van der Waals surface area contributed by atoms with E-state index in [2.05, 4.69) is 20.3 Å². The molecule has 4 aromatic rings. The third-order valence-corrected chi connectivity index (χ3v) is 4.77. The molecule has 0 unspecified atom stereocenters. The molecule has 0 bridgehead atoms. The fraction of sp³-hybridized carbons (Fsp3) is 0. The normalized spacial score (nSPS) is 11.0. The fourth-order valence-corrected chi connectivity index (χ4v) is 3.09. The number of carboxylic acids is 1. The Morgan fingerprint density at radius 3 is 2.73 bits per heavy atom. The zero-order valence-electron chi connectivity index (χ0n) is 13.2. The molecule has 0 saturated carbocycles. The van der Waals surface area contributed by atoms with E-state index in [4.69, 9.17) is 23.2 Å². The smallest absolute Gasteiger partial charge is 0.338 e. The van der Waals surface area contributed by atoms with Crippen molar-refractivity contribution < 1.29 is 9.90 Å². The molecule has 0 atom stereocenters. The first-order valence-electron chi connectivity index (χ1n) is 7.64. The van der Waals surface area contributed by atoms with Crippen LogP contribution in [-0.4, -0.2) is 26.0 Å². The number of fused-ring (bicyclic) bond motifs is 1. The Morgan fingerprint density at radius 2 is 2.00 bits per heavy atom. The van der Waals surface area contributed by atoms with Crippen LogP contribution in [0.5, 0.6) is 0 Å². The van der Waals surface area contributed by atoms with E-state index in [0.717, 1.165) is 11.1 Å². The standard InChI is InChI=1S/C18H12Cl2N4O2/c19-12-2-1-3-13(15(12)20)22-18-23-14-7-10(9-4-5-21-8-9)6-11(17(25)26)16(14)24-18/h1-8,21H,(H,25,26)(H2,22,23,24). The van der Waals surface area contributed by atoms with Gasteiger partial charge in [-0.1, -0.05) is 29.3 Å². The Labute approximate surface area is 157 Å². The molecule has 130 valence electrons. The van der Waals surface area contributed by atoms with Crippen LogP contribution in [0.25, 0.3) is 22.2 Å². The molecule has 0 fully saturated rings. The minimum absolute atomic E-state index is 0.111. The minimum Gasteiger partial charge on any atom is -0.478 e. The van der Waals surface area contributed by atoms with Crippen molar-refractivity contribution in [2.45, 2.75) is 0 Å². The second-order valence-electron chi connectivity index (χ2n) is 5.64. The average molecular weight is 387 g/mol. The van der Waals surface area contributed by atoms with E-state index in [9.17, 15) is 9.90 Å². The van der Waals surface area contributed by atoms with Crippen molar-refractivity contribution in [3.63, 3.8) is 0 Å². The van der Waals surface area contributed by atoms with E-state index in [1.807, 2.05) is 12.1 Å². The van der Waals surface area contributed by atoms with E-state index in [-0.39, 0.29) is 5.56 Å². The Bertz CT molecular complexity index is 1120. The Morgan fingerprint density at radius 1 is 1.15 bits per heavy atom. The minimum atomic E-state index is -1.05. The van der Waals surface area contributed by atoms with Crippen LogP contribution in [-0.2, 0) is 0 Å². The lowest BCUT2D eigenvalue weighted by atomic mass is 10.0. The molecule has 0 aliphatic rings. The van der Waals surface area contributed by atoms with Crippen LogP contribution in [0.1, 0.15) is 10.4 Å². The topological polar surface area (TPSA) is 93.8 Å². The molecule has 4 rings (SSSR count). The average Bonchev–Trinajstić information content (AvgIpc) is 3.27. The van der Waals surface area contributed by atoms with Crippen LogP contribution in [0, 0.1) is 0 Å². The SMILES string of the molecule is O=C(O)c1cc(-c2cc[nH]c2)cc2[nH]c(Nc3cccc(Cl)c3Cl)nc12. The first-order chi connectivity index (χ1) is 12.5. The van der Waals surface area contributed by atoms with Gasteiger partial charge in [0.25, 0.3) is 0 Å². The molecule has 8 heteroatoms. The molecule has 0 saturated heterocycles. The summed E-state index contributed by atoms with van der Waals surface area (Å²) in [7, 11) is 0. The summed E-state index contributed by atoms with van der Waals surface area (Å²) in [5.74, 6) is -0.677. The van der Waals surface area contributed by atoms with Gasteiger partial charge in [0, 0.05) is 12.4 Å². The van der Waals surface area contributed by atoms with E-state index in [1.54, 1.807) is 36.7 Å². The molecule has 0 aliphatic heterocycles. The number of aromatic nitrogens is 3. The van der Waals surface area contributed by atoms with Crippen LogP contribution in [0.4, 0.5) is 11.6 Å². The molecule has 0 amide bonds. The number of aromatic carboxylic acids is 1. The molecular formula is C18H12Cl2N4O2. The van der Waals surface area contributed by atoms with Gasteiger partial charge in [-0.05, 0) is 41.5 Å². The first-order valence-corrected chi connectivity index (χ1v) is 8.40. The number of nitrogens with one attached hydrogen (secondary N) is 3. The van der Waals surface area contributed by atoms with Crippen molar-refractivity contribution in [1.82, 2.24) is 15.0 Å². The van der Waals surface area contributed by atoms with Gasteiger partial charge in [0.1, 0.15) is 5.52 Å². The van der Waals surface area contributed by atoms with Gasteiger partial charge in [-0.2, -0.15) is 0 Å². The second kappa shape index (κ2) is 6.40. The highest BCUT2D eigenvalue weighted by molar-refractivity contribution is 6.43. The van der Waals surface area contributed by atoms with Gasteiger partial charge in [-0.15, -0.1) is 0 Å². The van der Waals surface area contributed by atoms with Gasteiger partial charge >= 0.3 is 5.97 Å². The number of hydrogen-bond acceptors (Lipinski definition) is 3. The lowest BCUT2D eigenvalue weighted by molar-refractivity contribution is 0.0699. The summed E-state index contributed by atoms with van der Waals surface area (Å²) in [5.41, 5.74) is 3.30. The summed E-state index contributed by atoms with van der Waals surface area (Å²) in [5, 5.41) is 13.4. The fourth-order valence-electron chi connectivity index (χ4n) is 2.74. The monoisotopic (exact) mass is 386 g/mol. The maximum Gasteiger partial charge on any atom is 0.338 e. The summed E-state index contributed by atoms with van der Waals surface area (Å²) in [6.45, 7) is 0. The number of halogens is 2. The number of nitrogens with zero attached hydrogens (tertiary/aromatic N) is 1. The second-order valence-corrected chi connectivity index (χ2v) is 6.42. The zero-order chi connectivity index (χ0) is 18.3. The van der Waals surface area contributed by atoms with Crippen molar-refractivity contribution >= 4 is 51.8 Å². The molecule has 0 spiro atoms. The summed E-state index contributed by atoms with van der Waals surface area (Å²) in [6, 6.07) is 10.5. The lowest BCUT2D eigenvalue weighted by Gasteiger charge is -2.05. The number of anilines is 2. The third kappa shape index (κ3) is 2.89. The highest BCUT2D eigenvalue weighted by Crippen LogP contribution is 2.33. The zero-order valence-corrected chi connectivity index (χ0v) is 14.7. The van der Waals surface area contributed by atoms with Gasteiger partial charge in [0.2, 0.25) is 5.95 Å². The molecule has 2 aromatic carbocycles. The van der Waals surface area contributed by atoms with Crippen molar-refractivity contribution in [2.24, 2.45) is 0 Å². The Kier molecular flexibility index (Phi) is 4.06. The van der Waals surface area contributed by atoms with Gasteiger partial charge in [0.05, 0.1) is 26.8 Å². The van der Waals surface area contributed by atoms with Crippen LogP contribution in [0.2, 0.25) is 10.0 Å². The molecule has 6 nitrogen and oxygen atoms in total. The van der Waals surface area contributed by atoms with E-state index in [1.165, 1.54) is 0 Å². The van der Waals surface area contributed by atoms with Crippen molar-refractivity contribution in [1.29, 1.82) is 0 Å². The maximum atomic E-state index is 11.7. The van der Waals surface area contributed by atoms with Gasteiger partial charge in [-0.25, -0.2) is 9.78 Å². The largest absolute Gasteiger partial charge is 0.478 e. The highest BCUT2D eigenvalue weighted by atomic mass is 35.5. The van der Waals surface area contributed by atoms with E-state index >= 15 is 0 Å².